The van der Waals surface area contributed by atoms with Crippen LogP contribution in [0.1, 0.15) is 0 Å². The lowest BCUT2D eigenvalue weighted by Gasteiger charge is -2.19. The maximum absolute atomic E-state index is 14.8. The van der Waals surface area contributed by atoms with Gasteiger partial charge in [0, 0.05) is 11.6 Å². The molecule has 0 aliphatic heterocycles. The molecular formula is C26H9F9. The maximum atomic E-state index is 14.8. The molecule has 0 nitrogen and oxygen atoms in total. The predicted molar refractivity (Wildman–Crippen MR) is 112 cm³/mol. The quantitative estimate of drug-likeness (QED) is 0.100. The molecule has 35 heavy (non-hydrogen) atoms. The molecule has 0 saturated heterocycles. The van der Waals surface area contributed by atoms with E-state index in [1.165, 1.54) is 24.3 Å². The minimum Gasteiger partial charge on any atom is -0.204 e. The fraction of sp³-hybridized carbons (Fsp3) is 0. The van der Waals surface area contributed by atoms with Crippen LogP contribution in [0.2, 0.25) is 0 Å². The minimum atomic E-state index is -1.79. The zero-order valence-corrected chi connectivity index (χ0v) is 17.1. The second-order valence-corrected chi connectivity index (χ2v) is 7.70. The van der Waals surface area contributed by atoms with Crippen molar-refractivity contribution in [2.24, 2.45) is 0 Å². The molecule has 0 aliphatic rings. The molecule has 0 aliphatic carbocycles. The van der Waals surface area contributed by atoms with Crippen LogP contribution in [0.15, 0.2) is 54.6 Å². The van der Waals surface area contributed by atoms with Gasteiger partial charge in [0.05, 0.1) is 5.56 Å². The summed E-state index contributed by atoms with van der Waals surface area (Å²) in [6, 6.07) is 7.81. The number of rotatable bonds is 2. The van der Waals surface area contributed by atoms with Crippen molar-refractivity contribution in [3.05, 3.63) is 107 Å². The van der Waals surface area contributed by atoms with E-state index in [4.69, 9.17) is 0 Å². The van der Waals surface area contributed by atoms with E-state index in [1.807, 2.05) is 0 Å². The summed E-state index contributed by atoms with van der Waals surface area (Å²) in [5.41, 5.74) is -2.13. The Kier molecular flexibility index (Phi) is 5.23. The van der Waals surface area contributed by atoms with Gasteiger partial charge in [0.1, 0.15) is 0 Å². The molecule has 9 heteroatoms. The van der Waals surface area contributed by atoms with Gasteiger partial charge in [0.25, 0.3) is 0 Å². The second kappa shape index (κ2) is 8.04. The van der Waals surface area contributed by atoms with Crippen molar-refractivity contribution in [3.63, 3.8) is 0 Å². The highest BCUT2D eigenvalue weighted by Crippen LogP contribution is 2.46. The molecule has 5 rings (SSSR count). The van der Waals surface area contributed by atoms with Crippen LogP contribution in [-0.2, 0) is 0 Å². The van der Waals surface area contributed by atoms with Crippen LogP contribution in [-0.4, -0.2) is 0 Å². The Labute approximate surface area is 190 Å². The highest BCUT2D eigenvalue weighted by Gasteiger charge is 2.27. The molecule has 0 bridgehead atoms. The molecule has 0 unspecified atom stereocenters. The van der Waals surface area contributed by atoms with E-state index < -0.39 is 68.9 Å². The Hall–Kier alpha value is -4.01. The summed E-state index contributed by atoms with van der Waals surface area (Å²) in [4.78, 5) is 0. The smallest absolute Gasteiger partial charge is 0.194 e. The van der Waals surface area contributed by atoms with Gasteiger partial charge in [-0.2, -0.15) is 0 Å². The SMILES string of the molecule is Fc1cc2c(-c3cc(F)c(F)c(F)c3)c3ccccc3c(-c3c(F)c(F)cc(F)c3F)c2cc1F. The molecule has 0 radical (unpaired) electrons. The Morgan fingerprint density at radius 3 is 1.29 bits per heavy atom. The Bertz CT molecular complexity index is 1640. The number of hydrogen-bond acceptors (Lipinski definition) is 0. The van der Waals surface area contributed by atoms with E-state index in [0.29, 0.717) is 24.3 Å². The van der Waals surface area contributed by atoms with Crippen molar-refractivity contribution in [3.8, 4) is 22.3 Å². The number of benzene rings is 5. The molecule has 176 valence electrons. The van der Waals surface area contributed by atoms with Crippen LogP contribution < -0.4 is 0 Å². The lowest BCUT2D eigenvalue weighted by atomic mass is 9.85. The lowest BCUT2D eigenvalue weighted by Crippen LogP contribution is -2.02. The molecule has 0 atom stereocenters. The highest BCUT2D eigenvalue weighted by atomic mass is 19.2. The summed E-state index contributed by atoms with van der Waals surface area (Å²) in [5.74, 6) is -14.8. The van der Waals surface area contributed by atoms with Crippen LogP contribution in [0.4, 0.5) is 39.5 Å². The van der Waals surface area contributed by atoms with Crippen molar-refractivity contribution in [1.29, 1.82) is 0 Å². The van der Waals surface area contributed by atoms with Gasteiger partial charge in [-0.25, -0.2) is 39.5 Å². The lowest BCUT2D eigenvalue weighted by molar-refractivity contribution is 0.448. The van der Waals surface area contributed by atoms with Gasteiger partial charge in [-0.3, -0.25) is 0 Å². The van der Waals surface area contributed by atoms with Crippen LogP contribution in [0, 0.1) is 52.4 Å². The van der Waals surface area contributed by atoms with E-state index in [9.17, 15) is 39.5 Å². The molecular weight excluding hydrogens is 483 g/mol. The number of hydrogen-bond donors (Lipinski definition) is 0. The first-order valence-corrected chi connectivity index (χ1v) is 9.91. The van der Waals surface area contributed by atoms with Crippen molar-refractivity contribution < 1.29 is 39.5 Å². The fourth-order valence-electron chi connectivity index (χ4n) is 4.24. The van der Waals surface area contributed by atoms with E-state index in [2.05, 4.69) is 0 Å². The average molecular weight is 492 g/mol. The first-order valence-electron chi connectivity index (χ1n) is 9.91. The van der Waals surface area contributed by atoms with Crippen LogP contribution >= 0.6 is 0 Å². The third-order valence-electron chi connectivity index (χ3n) is 5.70. The highest BCUT2D eigenvalue weighted by molar-refractivity contribution is 6.21. The first-order chi connectivity index (χ1) is 16.6. The van der Waals surface area contributed by atoms with Gasteiger partial charge >= 0.3 is 0 Å². The monoisotopic (exact) mass is 492 g/mol. The van der Waals surface area contributed by atoms with E-state index in [1.54, 1.807) is 0 Å². The Balaban J connectivity index is 2.08. The van der Waals surface area contributed by atoms with Crippen molar-refractivity contribution in [1.82, 2.24) is 0 Å². The fourth-order valence-corrected chi connectivity index (χ4v) is 4.24. The van der Waals surface area contributed by atoms with Gasteiger partial charge in [0.2, 0.25) is 0 Å². The normalized spacial score (nSPS) is 11.6. The standard InChI is InChI=1S/C26H9F9/c27-15-7-13-14(8-16(15)28)22(23-25(34)19(31)9-20(32)26(23)35)12-4-2-1-3-11(12)21(13)10-5-17(29)24(33)18(30)6-10/h1-9H. The van der Waals surface area contributed by atoms with Gasteiger partial charge in [-0.15, -0.1) is 0 Å². The topological polar surface area (TPSA) is 0 Å². The molecule has 0 saturated carbocycles. The summed E-state index contributed by atoms with van der Waals surface area (Å²) in [7, 11) is 0. The zero-order valence-electron chi connectivity index (χ0n) is 17.1. The van der Waals surface area contributed by atoms with Crippen molar-refractivity contribution >= 4 is 21.5 Å². The molecule has 0 heterocycles. The maximum Gasteiger partial charge on any atom is 0.194 e. The largest absolute Gasteiger partial charge is 0.204 e. The molecule has 0 spiro atoms. The molecule has 0 amide bonds. The number of halogens is 9. The predicted octanol–water partition coefficient (Wildman–Crippen LogP) is 8.58. The van der Waals surface area contributed by atoms with E-state index in [0.717, 1.165) is 0 Å². The van der Waals surface area contributed by atoms with Crippen molar-refractivity contribution in [2.45, 2.75) is 0 Å². The third kappa shape index (κ3) is 3.41. The molecule has 5 aromatic rings. The summed E-state index contributed by atoms with van der Waals surface area (Å²) >= 11 is 0. The Morgan fingerprint density at radius 1 is 0.343 bits per heavy atom. The van der Waals surface area contributed by atoms with Gasteiger partial charge in [-0.1, -0.05) is 24.3 Å². The first kappa shape index (κ1) is 22.8. The van der Waals surface area contributed by atoms with Crippen LogP contribution in [0.25, 0.3) is 43.8 Å². The van der Waals surface area contributed by atoms with Gasteiger partial charge in [0.15, 0.2) is 52.4 Å². The Morgan fingerprint density at radius 2 is 0.771 bits per heavy atom. The number of fused-ring (bicyclic) bond motifs is 2. The van der Waals surface area contributed by atoms with Gasteiger partial charge in [-0.05, 0) is 56.9 Å². The average Bonchev–Trinajstić information content (AvgIpc) is 2.82. The minimum absolute atomic E-state index is 0.00274. The van der Waals surface area contributed by atoms with Crippen LogP contribution in [0.3, 0.4) is 0 Å². The molecule has 0 fully saturated rings. The third-order valence-corrected chi connectivity index (χ3v) is 5.70. The van der Waals surface area contributed by atoms with E-state index >= 15 is 0 Å². The van der Waals surface area contributed by atoms with Gasteiger partial charge < -0.3 is 0 Å². The molecule has 5 aromatic carbocycles. The van der Waals surface area contributed by atoms with E-state index in [-0.39, 0.29) is 33.4 Å². The zero-order chi connectivity index (χ0) is 25.2. The van der Waals surface area contributed by atoms with Crippen LogP contribution in [0.5, 0.6) is 0 Å². The second-order valence-electron chi connectivity index (χ2n) is 7.70. The summed E-state index contributed by atoms with van der Waals surface area (Å²) in [6.45, 7) is 0. The summed E-state index contributed by atoms with van der Waals surface area (Å²) in [5, 5.41) is -0.805. The molecule has 0 aromatic heterocycles. The van der Waals surface area contributed by atoms with Crippen molar-refractivity contribution in [2.75, 3.05) is 0 Å². The molecule has 0 N–H and O–H groups in total. The summed E-state index contributed by atoms with van der Waals surface area (Å²) < 4.78 is 128. The summed E-state index contributed by atoms with van der Waals surface area (Å²) in [6.07, 6.45) is 0.